The van der Waals surface area contributed by atoms with E-state index in [2.05, 4.69) is 10.1 Å². The Kier molecular flexibility index (Phi) is 5.31. The summed E-state index contributed by atoms with van der Waals surface area (Å²) < 4.78 is 17.7. The number of carbonyl (C=O) groups excluding carboxylic acids is 2. The highest BCUT2D eigenvalue weighted by molar-refractivity contribution is 5.94. The molecule has 134 valence electrons. The van der Waals surface area contributed by atoms with Gasteiger partial charge in [0.15, 0.2) is 0 Å². The maximum atomic E-state index is 13.0. The zero-order valence-corrected chi connectivity index (χ0v) is 14.4. The van der Waals surface area contributed by atoms with Gasteiger partial charge in [0.05, 0.1) is 12.7 Å². The van der Waals surface area contributed by atoms with Crippen molar-refractivity contribution in [2.24, 2.45) is 0 Å². The number of benzene rings is 2. The van der Waals surface area contributed by atoms with Gasteiger partial charge in [0, 0.05) is 18.8 Å². The molecular formula is C20H19FN2O3. The van der Waals surface area contributed by atoms with E-state index in [1.807, 2.05) is 6.08 Å². The van der Waals surface area contributed by atoms with Gasteiger partial charge in [0.1, 0.15) is 5.82 Å². The fourth-order valence-corrected chi connectivity index (χ4v) is 2.82. The quantitative estimate of drug-likeness (QED) is 0.850. The number of amides is 2. The Morgan fingerprint density at radius 3 is 2.58 bits per heavy atom. The predicted octanol–water partition coefficient (Wildman–Crippen LogP) is 3.93. The van der Waals surface area contributed by atoms with E-state index < -0.39 is 5.97 Å². The molecule has 0 atom stereocenters. The summed E-state index contributed by atoms with van der Waals surface area (Å²) in [6.45, 7) is 1.03. The number of nitrogens with one attached hydrogen (secondary N) is 1. The molecule has 0 fully saturated rings. The molecule has 0 bridgehead atoms. The average Bonchev–Trinajstić information content (AvgIpc) is 2.68. The lowest BCUT2D eigenvalue weighted by molar-refractivity contribution is 0.0600. The van der Waals surface area contributed by atoms with Crippen LogP contribution in [-0.2, 0) is 4.74 Å². The molecule has 0 saturated heterocycles. The lowest BCUT2D eigenvalue weighted by atomic mass is 10.00. The fraction of sp³-hybridized carbons (Fsp3) is 0.200. The minimum absolute atomic E-state index is 0.235. The lowest BCUT2D eigenvalue weighted by Gasteiger charge is -2.27. The van der Waals surface area contributed by atoms with E-state index in [0.717, 1.165) is 11.1 Å². The summed E-state index contributed by atoms with van der Waals surface area (Å²) >= 11 is 0. The predicted molar refractivity (Wildman–Crippen MR) is 97.4 cm³/mol. The van der Waals surface area contributed by atoms with E-state index in [1.165, 1.54) is 19.2 Å². The molecule has 2 aromatic carbocycles. The number of hydrogen-bond donors (Lipinski definition) is 1. The van der Waals surface area contributed by atoms with Gasteiger partial charge in [0.25, 0.3) is 0 Å². The summed E-state index contributed by atoms with van der Waals surface area (Å²) in [6.07, 6.45) is 2.67. The third kappa shape index (κ3) is 4.08. The molecule has 0 aliphatic carbocycles. The zero-order chi connectivity index (χ0) is 18.5. The second-order valence-corrected chi connectivity index (χ2v) is 5.93. The molecule has 6 heteroatoms. The Labute approximate surface area is 151 Å². The van der Waals surface area contributed by atoms with Crippen molar-refractivity contribution in [3.63, 3.8) is 0 Å². The average molecular weight is 354 g/mol. The molecule has 5 nitrogen and oxygen atoms in total. The minimum atomic E-state index is -0.453. The number of nitrogens with zero attached hydrogens (tertiary/aromatic N) is 1. The van der Waals surface area contributed by atoms with Crippen molar-refractivity contribution in [3.8, 4) is 0 Å². The van der Waals surface area contributed by atoms with Gasteiger partial charge in [-0.1, -0.05) is 24.3 Å². The summed E-state index contributed by atoms with van der Waals surface area (Å²) in [5.74, 6) is -0.716. The van der Waals surface area contributed by atoms with Crippen LogP contribution in [0.1, 0.15) is 22.3 Å². The molecule has 0 saturated carbocycles. The summed E-state index contributed by atoms with van der Waals surface area (Å²) in [4.78, 5) is 25.7. The normalized spacial score (nSPS) is 13.8. The van der Waals surface area contributed by atoms with E-state index in [1.54, 1.807) is 41.3 Å². The first kappa shape index (κ1) is 17.7. The van der Waals surface area contributed by atoms with Gasteiger partial charge in [-0.15, -0.1) is 0 Å². The molecular weight excluding hydrogens is 335 g/mol. The third-order valence-electron chi connectivity index (χ3n) is 4.25. The van der Waals surface area contributed by atoms with Gasteiger partial charge in [-0.25, -0.2) is 14.0 Å². The van der Waals surface area contributed by atoms with Gasteiger partial charge < -0.3 is 15.0 Å². The highest BCUT2D eigenvalue weighted by atomic mass is 19.1. The summed E-state index contributed by atoms with van der Waals surface area (Å²) in [5.41, 5.74) is 2.98. The number of carbonyl (C=O) groups is 2. The van der Waals surface area contributed by atoms with Crippen molar-refractivity contribution in [1.82, 2.24) is 4.90 Å². The molecule has 2 aromatic rings. The van der Waals surface area contributed by atoms with Crippen LogP contribution in [0.25, 0.3) is 5.57 Å². The fourth-order valence-electron chi connectivity index (χ4n) is 2.82. The monoisotopic (exact) mass is 354 g/mol. The molecule has 26 heavy (non-hydrogen) atoms. The van der Waals surface area contributed by atoms with E-state index in [9.17, 15) is 14.0 Å². The van der Waals surface area contributed by atoms with Crippen LogP contribution in [0.5, 0.6) is 0 Å². The number of anilines is 1. The van der Waals surface area contributed by atoms with Gasteiger partial charge in [-0.3, -0.25) is 0 Å². The van der Waals surface area contributed by atoms with Crippen LogP contribution in [-0.4, -0.2) is 37.1 Å². The first-order chi connectivity index (χ1) is 12.6. The molecule has 1 N–H and O–H groups in total. The highest BCUT2D eigenvalue weighted by Gasteiger charge is 2.18. The largest absolute Gasteiger partial charge is 0.465 e. The number of methoxy groups -OCH3 is 1. The maximum absolute atomic E-state index is 13.0. The first-order valence-corrected chi connectivity index (χ1v) is 8.26. The summed E-state index contributed by atoms with van der Waals surface area (Å²) in [6, 6.07) is 12.7. The van der Waals surface area contributed by atoms with E-state index in [0.29, 0.717) is 30.8 Å². The van der Waals surface area contributed by atoms with Gasteiger partial charge in [-0.05, 0) is 47.9 Å². The van der Waals surface area contributed by atoms with Crippen molar-refractivity contribution >= 4 is 23.3 Å². The van der Waals surface area contributed by atoms with Crippen molar-refractivity contribution < 1.29 is 18.7 Å². The minimum Gasteiger partial charge on any atom is -0.465 e. The Morgan fingerprint density at radius 2 is 1.92 bits per heavy atom. The SMILES string of the molecule is COC(=O)c1cccc(NC(=O)N2CC=C(c3ccc(F)cc3)CC2)c1. The molecule has 0 spiro atoms. The maximum Gasteiger partial charge on any atom is 0.337 e. The summed E-state index contributed by atoms with van der Waals surface area (Å²) in [5, 5.41) is 2.79. The highest BCUT2D eigenvalue weighted by Crippen LogP contribution is 2.23. The Balaban J connectivity index is 1.63. The van der Waals surface area contributed by atoms with Crippen molar-refractivity contribution in [1.29, 1.82) is 0 Å². The Hall–Kier alpha value is -3.15. The van der Waals surface area contributed by atoms with Crippen LogP contribution in [0.2, 0.25) is 0 Å². The third-order valence-corrected chi connectivity index (χ3v) is 4.25. The van der Waals surface area contributed by atoms with Gasteiger partial charge in [-0.2, -0.15) is 0 Å². The molecule has 0 radical (unpaired) electrons. The number of urea groups is 1. The van der Waals surface area contributed by atoms with Crippen molar-refractivity contribution in [2.45, 2.75) is 6.42 Å². The number of halogens is 1. The van der Waals surface area contributed by atoms with Gasteiger partial charge in [0.2, 0.25) is 0 Å². The van der Waals surface area contributed by atoms with Crippen LogP contribution in [0.4, 0.5) is 14.9 Å². The van der Waals surface area contributed by atoms with Crippen LogP contribution in [0, 0.1) is 5.82 Å². The van der Waals surface area contributed by atoms with E-state index in [-0.39, 0.29) is 11.8 Å². The number of ether oxygens (including phenoxy) is 1. The summed E-state index contributed by atoms with van der Waals surface area (Å²) in [7, 11) is 1.31. The first-order valence-electron chi connectivity index (χ1n) is 8.26. The van der Waals surface area contributed by atoms with E-state index in [4.69, 9.17) is 0 Å². The van der Waals surface area contributed by atoms with Gasteiger partial charge >= 0.3 is 12.0 Å². The molecule has 0 aromatic heterocycles. The van der Waals surface area contributed by atoms with Crippen LogP contribution in [0.3, 0.4) is 0 Å². The van der Waals surface area contributed by atoms with Crippen LogP contribution >= 0.6 is 0 Å². The standard InChI is InChI=1S/C20H19FN2O3/c1-26-19(24)16-3-2-4-18(13-16)22-20(25)23-11-9-15(10-12-23)14-5-7-17(21)8-6-14/h2-9,13H,10-12H2,1H3,(H,22,25). The Morgan fingerprint density at radius 1 is 1.15 bits per heavy atom. The second kappa shape index (κ2) is 7.82. The van der Waals surface area contributed by atoms with Crippen LogP contribution in [0.15, 0.2) is 54.6 Å². The van der Waals surface area contributed by atoms with E-state index >= 15 is 0 Å². The molecule has 1 aliphatic heterocycles. The lowest BCUT2D eigenvalue weighted by Crippen LogP contribution is -2.37. The molecule has 2 amide bonds. The molecule has 1 aliphatic rings. The number of rotatable bonds is 3. The van der Waals surface area contributed by atoms with Crippen molar-refractivity contribution in [3.05, 3.63) is 71.6 Å². The van der Waals surface area contributed by atoms with Crippen LogP contribution < -0.4 is 5.32 Å². The second-order valence-electron chi connectivity index (χ2n) is 5.93. The molecule has 3 rings (SSSR count). The van der Waals surface area contributed by atoms with Crippen molar-refractivity contribution in [2.75, 3.05) is 25.5 Å². The topological polar surface area (TPSA) is 58.6 Å². The smallest absolute Gasteiger partial charge is 0.337 e. The molecule has 0 unspecified atom stereocenters. The zero-order valence-electron chi connectivity index (χ0n) is 14.4. The number of esters is 1. The Bertz CT molecular complexity index is 846. The number of hydrogen-bond acceptors (Lipinski definition) is 3. The molecule has 1 heterocycles.